The molecule has 0 radical (unpaired) electrons. The minimum Gasteiger partial charge on any atom is -0.465 e. The lowest BCUT2D eigenvalue weighted by Gasteiger charge is -2.35. The fraction of sp³-hybridized carbons (Fsp3) is 0.400. The summed E-state index contributed by atoms with van der Waals surface area (Å²) in [6, 6.07) is 30.6. The number of hydrogen-bond donors (Lipinski definition) is 0. The summed E-state index contributed by atoms with van der Waals surface area (Å²) < 4.78 is 5.64. The minimum absolute atomic E-state index is 0.0323. The number of ether oxygens (including phenoxy) is 1. The van der Waals surface area contributed by atoms with Crippen LogP contribution in [0.2, 0.25) is 0 Å². The molecule has 3 aromatic rings. The van der Waals surface area contributed by atoms with E-state index < -0.39 is 0 Å². The van der Waals surface area contributed by atoms with E-state index in [0.717, 1.165) is 38.5 Å². The van der Waals surface area contributed by atoms with Gasteiger partial charge in [-0.25, -0.2) is 0 Å². The van der Waals surface area contributed by atoms with Crippen LogP contribution in [0.25, 0.3) is 0 Å². The van der Waals surface area contributed by atoms with E-state index in [9.17, 15) is 4.79 Å². The Balaban J connectivity index is 1.15. The zero-order valence-corrected chi connectivity index (χ0v) is 22.7. The smallest absolute Gasteiger partial charge is 0.309 e. The summed E-state index contributed by atoms with van der Waals surface area (Å²) in [6.07, 6.45) is 13.3. The van der Waals surface area contributed by atoms with Gasteiger partial charge in [0.05, 0.1) is 18.6 Å². The standard InChI is InChI=1S/C35H41NO2/c1-27-15-12-13-20-32(27)34(36(30-16-7-5-8-17-30)31-18-9-6-10-19-31)21-11-3-2-4-14-24-38-35(37)33-26-28-22-23-29(33)25-28/h5-10,12-13,15-20,22-23,28-29,33-34H,2-4,11,14,21,24-26H2,1H3. The highest BCUT2D eigenvalue weighted by atomic mass is 16.5. The van der Waals surface area contributed by atoms with E-state index >= 15 is 0 Å². The third-order valence-corrected chi connectivity index (χ3v) is 8.38. The summed E-state index contributed by atoms with van der Waals surface area (Å²) in [5.74, 6) is 1.19. The second kappa shape index (κ2) is 13.0. The number of nitrogens with zero attached hydrogens (tertiary/aromatic N) is 1. The highest BCUT2D eigenvalue weighted by Crippen LogP contribution is 2.44. The molecule has 3 heteroatoms. The largest absolute Gasteiger partial charge is 0.465 e. The molecule has 0 saturated heterocycles. The van der Waals surface area contributed by atoms with Crippen LogP contribution in [0, 0.1) is 24.7 Å². The fourth-order valence-electron chi connectivity index (χ4n) is 6.37. The number of anilines is 2. The van der Waals surface area contributed by atoms with Gasteiger partial charge in [-0.15, -0.1) is 0 Å². The molecule has 5 rings (SSSR count). The number of unbranched alkanes of at least 4 members (excludes halogenated alkanes) is 4. The van der Waals surface area contributed by atoms with Gasteiger partial charge in [0.2, 0.25) is 0 Å². The van der Waals surface area contributed by atoms with Gasteiger partial charge in [0.25, 0.3) is 0 Å². The van der Waals surface area contributed by atoms with Gasteiger partial charge in [-0.05, 0) is 79.8 Å². The van der Waals surface area contributed by atoms with E-state index in [1.807, 2.05) is 0 Å². The number of allylic oxidation sites excluding steroid dienone is 2. The molecule has 3 aromatic carbocycles. The van der Waals surface area contributed by atoms with E-state index in [2.05, 4.69) is 109 Å². The normalized spacial score (nSPS) is 20.4. The van der Waals surface area contributed by atoms with Crippen molar-refractivity contribution in [3.63, 3.8) is 0 Å². The zero-order chi connectivity index (χ0) is 26.2. The summed E-state index contributed by atoms with van der Waals surface area (Å²) in [4.78, 5) is 15.0. The predicted octanol–water partition coefficient (Wildman–Crippen LogP) is 8.97. The zero-order valence-electron chi connectivity index (χ0n) is 22.7. The number of esters is 1. The van der Waals surface area contributed by atoms with Crippen LogP contribution in [0.5, 0.6) is 0 Å². The SMILES string of the molecule is Cc1ccccc1C(CCCCCCCOC(=O)C1CC2C=CC1C2)N(c1ccccc1)c1ccccc1. The summed E-state index contributed by atoms with van der Waals surface area (Å²) in [5.41, 5.74) is 5.17. The first-order valence-electron chi connectivity index (χ1n) is 14.5. The molecule has 4 atom stereocenters. The van der Waals surface area contributed by atoms with Crippen molar-refractivity contribution in [3.8, 4) is 0 Å². The summed E-state index contributed by atoms with van der Waals surface area (Å²) in [7, 11) is 0. The fourth-order valence-corrected chi connectivity index (χ4v) is 6.37. The Kier molecular flexibility index (Phi) is 8.96. The first kappa shape index (κ1) is 26.3. The van der Waals surface area contributed by atoms with E-state index in [-0.39, 0.29) is 17.9 Å². The van der Waals surface area contributed by atoms with Gasteiger partial charge in [-0.1, -0.05) is 98.5 Å². The predicted molar refractivity (Wildman–Crippen MR) is 156 cm³/mol. The molecule has 0 amide bonds. The molecule has 1 fully saturated rings. The molecule has 0 heterocycles. The summed E-state index contributed by atoms with van der Waals surface area (Å²) >= 11 is 0. The lowest BCUT2D eigenvalue weighted by atomic mass is 9.93. The van der Waals surface area contributed by atoms with Gasteiger partial charge in [0, 0.05) is 11.4 Å². The number of carbonyl (C=O) groups is 1. The molecule has 1 saturated carbocycles. The molecule has 0 spiro atoms. The van der Waals surface area contributed by atoms with Crippen LogP contribution in [0.3, 0.4) is 0 Å². The van der Waals surface area contributed by atoms with Crippen LogP contribution in [-0.4, -0.2) is 12.6 Å². The molecule has 2 aliphatic carbocycles. The first-order valence-corrected chi connectivity index (χ1v) is 14.5. The summed E-state index contributed by atoms with van der Waals surface area (Å²) in [5, 5.41) is 0. The second-order valence-corrected chi connectivity index (χ2v) is 11.0. The number of aryl methyl sites for hydroxylation is 1. The van der Waals surface area contributed by atoms with Crippen molar-refractivity contribution < 1.29 is 9.53 Å². The van der Waals surface area contributed by atoms with E-state index in [1.54, 1.807) is 0 Å². The van der Waals surface area contributed by atoms with Gasteiger partial charge >= 0.3 is 5.97 Å². The van der Waals surface area contributed by atoms with Crippen LogP contribution < -0.4 is 4.90 Å². The Morgan fingerprint density at radius 3 is 2.05 bits per heavy atom. The highest BCUT2D eigenvalue weighted by molar-refractivity contribution is 5.74. The van der Waals surface area contributed by atoms with Gasteiger partial charge < -0.3 is 9.64 Å². The number of benzene rings is 3. The van der Waals surface area contributed by atoms with Crippen molar-refractivity contribution >= 4 is 17.3 Å². The maximum atomic E-state index is 12.4. The Labute approximate surface area is 228 Å². The van der Waals surface area contributed by atoms with Gasteiger partial charge in [0.15, 0.2) is 0 Å². The summed E-state index contributed by atoms with van der Waals surface area (Å²) in [6.45, 7) is 2.79. The first-order chi connectivity index (χ1) is 18.7. The molecule has 0 aliphatic heterocycles. The van der Waals surface area contributed by atoms with Gasteiger partial charge in [-0.2, -0.15) is 0 Å². The number of fused-ring (bicyclic) bond motifs is 2. The molecule has 0 aromatic heterocycles. The maximum Gasteiger partial charge on any atom is 0.309 e. The third kappa shape index (κ3) is 6.38. The van der Waals surface area contributed by atoms with Crippen LogP contribution in [0.15, 0.2) is 97.1 Å². The average molecular weight is 508 g/mol. The van der Waals surface area contributed by atoms with Crippen LogP contribution >= 0.6 is 0 Å². The van der Waals surface area contributed by atoms with Gasteiger partial charge in [-0.3, -0.25) is 4.79 Å². The molecule has 0 N–H and O–H groups in total. The van der Waals surface area contributed by atoms with Crippen LogP contribution in [-0.2, 0) is 9.53 Å². The average Bonchev–Trinajstić information content (AvgIpc) is 3.59. The third-order valence-electron chi connectivity index (χ3n) is 8.38. The van der Waals surface area contributed by atoms with Crippen molar-refractivity contribution in [2.45, 2.75) is 64.3 Å². The maximum absolute atomic E-state index is 12.4. The van der Waals surface area contributed by atoms with E-state index in [1.165, 1.54) is 35.3 Å². The minimum atomic E-state index is 0.0323. The Morgan fingerprint density at radius 2 is 1.42 bits per heavy atom. The Bertz CT molecular complexity index is 1150. The Hall–Kier alpha value is -3.33. The lowest BCUT2D eigenvalue weighted by Crippen LogP contribution is -2.24. The second-order valence-electron chi connectivity index (χ2n) is 11.0. The lowest BCUT2D eigenvalue weighted by molar-refractivity contribution is -0.149. The molecule has 2 bridgehead atoms. The van der Waals surface area contributed by atoms with E-state index in [4.69, 9.17) is 4.74 Å². The molecular weight excluding hydrogens is 466 g/mol. The van der Waals surface area contributed by atoms with Crippen molar-refractivity contribution in [3.05, 3.63) is 108 Å². The van der Waals surface area contributed by atoms with Crippen molar-refractivity contribution in [2.24, 2.45) is 17.8 Å². The van der Waals surface area contributed by atoms with Crippen LogP contribution in [0.1, 0.15) is 68.5 Å². The van der Waals surface area contributed by atoms with Gasteiger partial charge in [0.1, 0.15) is 0 Å². The number of hydrogen-bond acceptors (Lipinski definition) is 3. The number of para-hydroxylation sites is 2. The molecule has 4 unspecified atom stereocenters. The highest BCUT2D eigenvalue weighted by Gasteiger charge is 2.40. The van der Waals surface area contributed by atoms with E-state index in [0.29, 0.717) is 18.4 Å². The molecule has 38 heavy (non-hydrogen) atoms. The topological polar surface area (TPSA) is 29.5 Å². The molecule has 198 valence electrons. The number of carbonyl (C=O) groups excluding carboxylic acids is 1. The van der Waals surface area contributed by atoms with Crippen LogP contribution in [0.4, 0.5) is 11.4 Å². The molecule has 2 aliphatic rings. The monoisotopic (exact) mass is 507 g/mol. The van der Waals surface area contributed by atoms with Crippen molar-refractivity contribution in [1.82, 2.24) is 0 Å². The molecule has 3 nitrogen and oxygen atoms in total. The van der Waals surface area contributed by atoms with Crippen molar-refractivity contribution in [1.29, 1.82) is 0 Å². The van der Waals surface area contributed by atoms with Crippen molar-refractivity contribution in [2.75, 3.05) is 11.5 Å². The quantitative estimate of drug-likeness (QED) is 0.131. The molecular formula is C35H41NO2. The number of rotatable bonds is 13. The Morgan fingerprint density at radius 1 is 0.789 bits per heavy atom.